The molecule has 2 fully saturated rings. The van der Waals surface area contributed by atoms with Gasteiger partial charge in [0.1, 0.15) is 5.75 Å². The van der Waals surface area contributed by atoms with Gasteiger partial charge in [0, 0.05) is 30.2 Å². The third kappa shape index (κ3) is 3.23. The van der Waals surface area contributed by atoms with E-state index in [1.54, 1.807) is 0 Å². The quantitative estimate of drug-likeness (QED) is 0.919. The van der Waals surface area contributed by atoms with Gasteiger partial charge in [-0.2, -0.15) is 11.8 Å². The maximum atomic E-state index is 6.07. The van der Waals surface area contributed by atoms with Crippen molar-refractivity contribution < 1.29 is 9.47 Å². The highest BCUT2D eigenvalue weighted by Gasteiger charge is 2.40. The summed E-state index contributed by atoms with van der Waals surface area (Å²) in [6, 6.07) is 8.78. The normalized spacial score (nSPS) is 29.6. The number of rotatable bonds is 4. The topological polar surface area (TPSA) is 30.5 Å². The summed E-state index contributed by atoms with van der Waals surface area (Å²) in [5, 5.41) is 3.66. The molecule has 2 aliphatic rings. The van der Waals surface area contributed by atoms with Gasteiger partial charge in [0.15, 0.2) is 0 Å². The lowest BCUT2D eigenvalue weighted by molar-refractivity contribution is -0.0628. The highest BCUT2D eigenvalue weighted by Crippen LogP contribution is 2.39. The molecule has 2 saturated heterocycles. The molecule has 0 aromatic heterocycles. The molecular formula is C16H23NO2S. The van der Waals surface area contributed by atoms with Gasteiger partial charge in [-0.15, -0.1) is 0 Å². The van der Waals surface area contributed by atoms with E-state index in [0.717, 1.165) is 36.6 Å². The Kier molecular flexibility index (Phi) is 4.41. The lowest BCUT2D eigenvalue weighted by Crippen LogP contribution is -2.44. The van der Waals surface area contributed by atoms with Crippen molar-refractivity contribution in [2.75, 3.05) is 30.0 Å². The van der Waals surface area contributed by atoms with Crippen LogP contribution in [0.3, 0.4) is 0 Å². The maximum Gasteiger partial charge on any atom is 0.121 e. The van der Waals surface area contributed by atoms with E-state index in [9.17, 15) is 0 Å². The smallest absolute Gasteiger partial charge is 0.121 e. The summed E-state index contributed by atoms with van der Waals surface area (Å²) in [4.78, 5) is 0. The van der Waals surface area contributed by atoms with Gasteiger partial charge in [0.25, 0.3) is 0 Å². The summed E-state index contributed by atoms with van der Waals surface area (Å²) in [5.41, 5.74) is 1.29. The van der Waals surface area contributed by atoms with Crippen LogP contribution in [-0.2, 0) is 4.74 Å². The molecular weight excluding hydrogens is 270 g/mol. The van der Waals surface area contributed by atoms with Gasteiger partial charge in [-0.25, -0.2) is 0 Å². The van der Waals surface area contributed by atoms with E-state index in [0.29, 0.717) is 12.6 Å². The molecule has 0 bridgehead atoms. The van der Waals surface area contributed by atoms with Crippen molar-refractivity contribution in [1.29, 1.82) is 0 Å². The highest BCUT2D eigenvalue weighted by molar-refractivity contribution is 7.99. The zero-order chi connectivity index (χ0) is 13.8. The average molecular weight is 293 g/mol. The number of nitrogens with one attached hydrogen (secondary N) is 1. The first-order chi connectivity index (χ1) is 9.80. The van der Waals surface area contributed by atoms with Crippen LogP contribution in [0.25, 0.3) is 0 Å². The summed E-state index contributed by atoms with van der Waals surface area (Å²) in [7, 11) is 0. The zero-order valence-electron chi connectivity index (χ0n) is 12.1. The Hall–Kier alpha value is -0.870. The summed E-state index contributed by atoms with van der Waals surface area (Å²) in [5.74, 6) is 3.34. The summed E-state index contributed by atoms with van der Waals surface area (Å²) in [6.45, 7) is 3.60. The van der Waals surface area contributed by atoms with Crippen LogP contribution in [0.5, 0.6) is 5.75 Å². The largest absolute Gasteiger partial charge is 0.494 e. The van der Waals surface area contributed by atoms with E-state index in [1.165, 1.54) is 12.2 Å². The van der Waals surface area contributed by atoms with Crippen molar-refractivity contribution in [3.63, 3.8) is 0 Å². The van der Waals surface area contributed by atoms with Crippen LogP contribution in [0.15, 0.2) is 24.3 Å². The molecule has 0 amide bonds. The van der Waals surface area contributed by atoms with Gasteiger partial charge in [0.05, 0.1) is 12.2 Å². The van der Waals surface area contributed by atoms with Crippen LogP contribution in [0.1, 0.15) is 26.2 Å². The van der Waals surface area contributed by atoms with Crippen LogP contribution in [0, 0.1) is 0 Å². The first-order valence-electron chi connectivity index (χ1n) is 7.51. The molecule has 1 aromatic rings. The molecule has 1 N–H and O–H groups in total. The van der Waals surface area contributed by atoms with Gasteiger partial charge in [-0.05, 0) is 44.1 Å². The zero-order valence-corrected chi connectivity index (χ0v) is 12.9. The minimum absolute atomic E-state index is 0.137. The Morgan fingerprint density at radius 1 is 1.50 bits per heavy atom. The Labute approximate surface area is 125 Å². The number of anilines is 1. The predicted molar refractivity (Wildman–Crippen MR) is 84.9 cm³/mol. The monoisotopic (exact) mass is 293 g/mol. The van der Waals surface area contributed by atoms with Gasteiger partial charge in [-0.1, -0.05) is 6.07 Å². The number of ether oxygens (including phenoxy) is 2. The lowest BCUT2D eigenvalue weighted by atomic mass is 9.90. The van der Waals surface area contributed by atoms with E-state index >= 15 is 0 Å². The van der Waals surface area contributed by atoms with Gasteiger partial charge in [-0.3, -0.25) is 0 Å². The average Bonchev–Trinajstić information content (AvgIpc) is 2.87. The van der Waals surface area contributed by atoms with Crippen molar-refractivity contribution in [3.8, 4) is 5.75 Å². The molecule has 4 heteroatoms. The molecule has 110 valence electrons. The van der Waals surface area contributed by atoms with Crippen LogP contribution < -0.4 is 10.1 Å². The third-order valence-electron chi connectivity index (χ3n) is 4.08. The fraction of sp³-hybridized carbons (Fsp3) is 0.625. The fourth-order valence-corrected chi connectivity index (χ4v) is 4.47. The molecule has 0 saturated carbocycles. The van der Waals surface area contributed by atoms with E-state index in [4.69, 9.17) is 9.47 Å². The third-order valence-corrected chi connectivity index (χ3v) is 5.30. The Balaban J connectivity index is 1.63. The fourth-order valence-electron chi connectivity index (χ4n) is 3.09. The second kappa shape index (κ2) is 6.27. The molecule has 3 nitrogen and oxygen atoms in total. The van der Waals surface area contributed by atoms with Crippen LogP contribution in [-0.4, -0.2) is 36.4 Å². The van der Waals surface area contributed by atoms with E-state index < -0.39 is 0 Å². The Morgan fingerprint density at radius 2 is 2.45 bits per heavy atom. The molecule has 0 radical (unpaired) electrons. The van der Waals surface area contributed by atoms with Crippen molar-refractivity contribution in [2.45, 2.75) is 37.8 Å². The molecule has 0 aliphatic carbocycles. The lowest BCUT2D eigenvalue weighted by Gasteiger charge is -2.38. The van der Waals surface area contributed by atoms with E-state index in [-0.39, 0.29) is 5.60 Å². The van der Waals surface area contributed by atoms with E-state index in [2.05, 4.69) is 17.4 Å². The van der Waals surface area contributed by atoms with Gasteiger partial charge < -0.3 is 14.8 Å². The number of hydrogen-bond donors (Lipinski definition) is 1. The molecule has 1 spiro atoms. The van der Waals surface area contributed by atoms with Crippen molar-refractivity contribution in [2.24, 2.45) is 0 Å². The van der Waals surface area contributed by atoms with Crippen molar-refractivity contribution >= 4 is 17.4 Å². The molecule has 3 rings (SSSR count). The standard InChI is InChI=1S/C16H23NO2S/c1-2-18-15-5-3-4-13(10-15)17-14-6-8-19-16(11-14)7-9-20-12-16/h3-5,10,14,17H,2,6-9,11-12H2,1H3. The summed E-state index contributed by atoms with van der Waals surface area (Å²) in [6.07, 6.45) is 3.42. The van der Waals surface area contributed by atoms with Crippen molar-refractivity contribution in [3.05, 3.63) is 24.3 Å². The second-order valence-corrected chi connectivity index (χ2v) is 6.73. The maximum absolute atomic E-state index is 6.07. The van der Waals surface area contributed by atoms with Gasteiger partial charge in [0.2, 0.25) is 0 Å². The predicted octanol–water partition coefficient (Wildman–Crippen LogP) is 3.55. The summed E-state index contributed by atoms with van der Waals surface area (Å²) < 4.78 is 11.6. The first kappa shape index (κ1) is 14.1. The van der Waals surface area contributed by atoms with Gasteiger partial charge >= 0.3 is 0 Å². The van der Waals surface area contributed by atoms with Crippen LogP contribution in [0.2, 0.25) is 0 Å². The van der Waals surface area contributed by atoms with E-state index in [1.807, 2.05) is 30.8 Å². The minimum atomic E-state index is 0.137. The second-order valence-electron chi connectivity index (χ2n) is 5.63. The van der Waals surface area contributed by atoms with Crippen LogP contribution >= 0.6 is 11.8 Å². The van der Waals surface area contributed by atoms with Crippen molar-refractivity contribution in [1.82, 2.24) is 0 Å². The molecule has 2 unspecified atom stereocenters. The Morgan fingerprint density at radius 3 is 3.25 bits per heavy atom. The number of benzene rings is 1. The van der Waals surface area contributed by atoms with Crippen LogP contribution in [0.4, 0.5) is 5.69 Å². The summed E-state index contributed by atoms with van der Waals surface area (Å²) >= 11 is 2.02. The molecule has 1 aromatic carbocycles. The molecule has 2 aliphatic heterocycles. The SMILES string of the molecule is CCOc1cccc(NC2CCOC3(CCSC3)C2)c1. The molecule has 2 atom stereocenters. The number of thioether (sulfide) groups is 1. The first-order valence-corrected chi connectivity index (χ1v) is 8.66. The number of hydrogen-bond acceptors (Lipinski definition) is 4. The molecule has 20 heavy (non-hydrogen) atoms. The molecule has 2 heterocycles. The Bertz CT molecular complexity index is 446. The minimum Gasteiger partial charge on any atom is -0.494 e. The highest BCUT2D eigenvalue weighted by atomic mass is 32.2.